The summed E-state index contributed by atoms with van der Waals surface area (Å²) in [5.41, 5.74) is 8.34. The van der Waals surface area contributed by atoms with Gasteiger partial charge in [-0.1, -0.05) is 59.7 Å². The standard InChI is InChI=1S/C29H27NO/c1-22-9-15-26(16-10-22)30(27-17-11-23(2)12-18-27)28-19-13-25(14-20-28)24(3)6-4-7-29-8-5-21-31-29/h4-21H,1-3H3. The molecule has 2 heteroatoms. The first-order valence-corrected chi connectivity index (χ1v) is 10.5. The lowest BCUT2D eigenvalue weighted by Crippen LogP contribution is -2.09. The maximum Gasteiger partial charge on any atom is 0.126 e. The molecule has 0 amide bonds. The number of furan rings is 1. The predicted molar refractivity (Wildman–Crippen MR) is 132 cm³/mol. The summed E-state index contributed by atoms with van der Waals surface area (Å²) < 4.78 is 5.34. The second-order valence-corrected chi connectivity index (χ2v) is 7.78. The topological polar surface area (TPSA) is 16.4 Å². The van der Waals surface area contributed by atoms with Crippen LogP contribution in [0.15, 0.2) is 108 Å². The number of hydrogen-bond acceptors (Lipinski definition) is 2. The van der Waals surface area contributed by atoms with E-state index in [0.717, 1.165) is 22.8 Å². The molecule has 1 aromatic heterocycles. The SMILES string of the molecule is CC(=CC=Cc1ccco1)c1ccc(N(c2ccc(C)cc2)c2ccc(C)cc2)cc1. The largest absolute Gasteiger partial charge is 0.465 e. The van der Waals surface area contributed by atoms with Gasteiger partial charge < -0.3 is 9.32 Å². The van der Waals surface area contributed by atoms with Crippen molar-refractivity contribution in [2.45, 2.75) is 20.8 Å². The summed E-state index contributed by atoms with van der Waals surface area (Å²) >= 11 is 0. The lowest BCUT2D eigenvalue weighted by atomic mass is 10.1. The van der Waals surface area contributed by atoms with Crippen LogP contribution in [-0.2, 0) is 0 Å². The van der Waals surface area contributed by atoms with Crippen molar-refractivity contribution < 1.29 is 4.42 Å². The zero-order chi connectivity index (χ0) is 21.6. The molecule has 4 rings (SSSR count). The zero-order valence-corrected chi connectivity index (χ0v) is 18.2. The fourth-order valence-corrected chi connectivity index (χ4v) is 3.48. The first-order chi connectivity index (χ1) is 15.1. The summed E-state index contributed by atoms with van der Waals surface area (Å²) in [4.78, 5) is 2.29. The molecule has 0 unspecified atom stereocenters. The van der Waals surface area contributed by atoms with Crippen LogP contribution < -0.4 is 4.90 Å². The van der Waals surface area contributed by atoms with Crippen LogP contribution in [0, 0.1) is 13.8 Å². The predicted octanol–water partition coefficient (Wildman–Crippen LogP) is 8.48. The number of anilines is 3. The number of rotatable bonds is 6. The summed E-state index contributed by atoms with van der Waals surface area (Å²) in [7, 11) is 0. The number of benzene rings is 3. The quantitative estimate of drug-likeness (QED) is 0.299. The van der Waals surface area contributed by atoms with E-state index in [1.165, 1.54) is 22.3 Å². The van der Waals surface area contributed by atoms with E-state index in [1.807, 2.05) is 24.3 Å². The zero-order valence-electron chi connectivity index (χ0n) is 18.2. The summed E-state index contributed by atoms with van der Waals surface area (Å²) in [6.07, 6.45) is 7.78. The minimum atomic E-state index is 0.853. The maximum absolute atomic E-state index is 5.34. The van der Waals surface area contributed by atoms with E-state index < -0.39 is 0 Å². The highest BCUT2D eigenvalue weighted by Crippen LogP contribution is 2.35. The van der Waals surface area contributed by atoms with Crippen LogP contribution in [0.1, 0.15) is 29.4 Å². The Bertz CT molecular complexity index is 1120. The molecule has 0 aliphatic heterocycles. The van der Waals surface area contributed by atoms with Gasteiger partial charge in [-0.25, -0.2) is 0 Å². The van der Waals surface area contributed by atoms with E-state index in [-0.39, 0.29) is 0 Å². The third-order valence-corrected chi connectivity index (χ3v) is 5.32. The second kappa shape index (κ2) is 9.36. The number of hydrogen-bond donors (Lipinski definition) is 0. The van der Waals surface area contributed by atoms with Crippen LogP contribution >= 0.6 is 0 Å². The fraction of sp³-hybridized carbons (Fsp3) is 0.103. The van der Waals surface area contributed by atoms with Gasteiger partial charge in [0.25, 0.3) is 0 Å². The highest BCUT2D eigenvalue weighted by molar-refractivity contribution is 5.78. The Morgan fingerprint density at radius 3 is 1.71 bits per heavy atom. The van der Waals surface area contributed by atoms with Crippen molar-refractivity contribution in [3.05, 3.63) is 126 Å². The third-order valence-electron chi connectivity index (χ3n) is 5.32. The van der Waals surface area contributed by atoms with Crippen molar-refractivity contribution in [2.24, 2.45) is 0 Å². The van der Waals surface area contributed by atoms with Crippen molar-refractivity contribution in [2.75, 3.05) is 4.90 Å². The molecule has 4 aromatic rings. The Morgan fingerprint density at radius 1 is 0.710 bits per heavy atom. The van der Waals surface area contributed by atoms with E-state index in [9.17, 15) is 0 Å². The smallest absolute Gasteiger partial charge is 0.126 e. The van der Waals surface area contributed by atoms with Gasteiger partial charge in [-0.2, -0.15) is 0 Å². The molecule has 0 radical (unpaired) electrons. The van der Waals surface area contributed by atoms with Crippen LogP contribution in [0.2, 0.25) is 0 Å². The van der Waals surface area contributed by atoms with E-state index in [1.54, 1.807) is 6.26 Å². The van der Waals surface area contributed by atoms with Crippen molar-refractivity contribution >= 4 is 28.7 Å². The van der Waals surface area contributed by atoms with Crippen LogP contribution in [0.5, 0.6) is 0 Å². The first-order valence-electron chi connectivity index (χ1n) is 10.5. The number of aryl methyl sites for hydroxylation is 2. The maximum atomic E-state index is 5.34. The number of nitrogens with zero attached hydrogens (tertiary/aromatic N) is 1. The van der Waals surface area contributed by atoms with Crippen molar-refractivity contribution in [1.29, 1.82) is 0 Å². The van der Waals surface area contributed by atoms with E-state index in [4.69, 9.17) is 4.42 Å². The van der Waals surface area contributed by atoms with Crippen molar-refractivity contribution in [1.82, 2.24) is 0 Å². The molecule has 0 saturated carbocycles. The highest BCUT2D eigenvalue weighted by Gasteiger charge is 2.12. The Kier molecular flexibility index (Phi) is 6.18. The molecular formula is C29H27NO. The lowest BCUT2D eigenvalue weighted by molar-refractivity contribution is 0.557. The molecule has 0 N–H and O–H groups in total. The van der Waals surface area contributed by atoms with Gasteiger partial charge in [-0.15, -0.1) is 0 Å². The van der Waals surface area contributed by atoms with Gasteiger partial charge in [-0.05, 0) is 86.5 Å². The molecule has 0 aliphatic carbocycles. The minimum absolute atomic E-state index is 0.853. The molecule has 1 heterocycles. The fourth-order valence-electron chi connectivity index (χ4n) is 3.48. The summed E-state index contributed by atoms with van der Waals surface area (Å²) in [6.45, 7) is 6.35. The molecule has 0 fully saturated rings. The van der Waals surface area contributed by atoms with Crippen LogP contribution in [-0.4, -0.2) is 0 Å². The van der Waals surface area contributed by atoms with Crippen LogP contribution in [0.4, 0.5) is 17.1 Å². The van der Waals surface area contributed by atoms with Gasteiger partial charge in [0.1, 0.15) is 5.76 Å². The molecule has 3 aromatic carbocycles. The average Bonchev–Trinajstić information content (AvgIpc) is 3.30. The van der Waals surface area contributed by atoms with Gasteiger partial charge in [0.05, 0.1) is 6.26 Å². The van der Waals surface area contributed by atoms with Crippen molar-refractivity contribution in [3.63, 3.8) is 0 Å². The molecule has 0 saturated heterocycles. The van der Waals surface area contributed by atoms with E-state index >= 15 is 0 Å². The minimum Gasteiger partial charge on any atom is -0.465 e. The first kappa shape index (κ1) is 20.5. The number of allylic oxidation sites excluding steroid dienone is 3. The Hall–Kier alpha value is -3.78. The third kappa shape index (κ3) is 5.04. The monoisotopic (exact) mass is 405 g/mol. The summed E-state index contributed by atoms with van der Waals surface area (Å²) in [5.74, 6) is 0.853. The molecule has 2 nitrogen and oxygen atoms in total. The van der Waals surface area contributed by atoms with Gasteiger partial charge in [0.15, 0.2) is 0 Å². The molecule has 0 spiro atoms. The van der Waals surface area contributed by atoms with Crippen LogP contribution in [0.25, 0.3) is 11.6 Å². The normalized spacial score (nSPS) is 11.8. The molecule has 0 bridgehead atoms. The molecular weight excluding hydrogens is 378 g/mol. The van der Waals surface area contributed by atoms with Crippen molar-refractivity contribution in [3.8, 4) is 0 Å². The van der Waals surface area contributed by atoms with Gasteiger partial charge in [0.2, 0.25) is 0 Å². The summed E-state index contributed by atoms with van der Waals surface area (Å²) in [6, 6.07) is 29.9. The lowest BCUT2D eigenvalue weighted by Gasteiger charge is -2.26. The van der Waals surface area contributed by atoms with Gasteiger partial charge in [-0.3, -0.25) is 0 Å². The van der Waals surface area contributed by atoms with E-state index in [2.05, 4.69) is 105 Å². The molecule has 31 heavy (non-hydrogen) atoms. The highest BCUT2D eigenvalue weighted by atomic mass is 16.3. The Labute approximate surface area is 184 Å². The Morgan fingerprint density at radius 2 is 1.23 bits per heavy atom. The van der Waals surface area contributed by atoms with Crippen LogP contribution in [0.3, 0.4) is 0 Å². The summed E-state index contributed by atoms with van der Waals surface area (Å²) in [5, 5.41) is 0. The second-order valence-electron chi connectivity index (χ2n) is 7.78. The molecule has 154 valence electrons. The van der Waals surface area contributed by atoms with Gasteiger partial charge in [0, 0.05) is 17.1 Å². The molecule has 0 atom stereocenters. The van der Waals surface area contributed by atoms with Gasteiger partial charge >= 0.3 is 0 Å². The Balaban J connectivity index is 1.63. The molecule has 0 aliphatic rings. The average molecular weight is 406 g/mol. The van der Waals surface area contributed by atoms with E-state index in [0.29, 0.717) is 0 Å².